The summed E-state index contributed by atoms with van der Waals surface area (Å²) in [6.07, 6.45) is 1.71. The molecule has 1 heterocycles. The van der Waals surface area contributed by atoms with Gasteiger partial charge in [-0.2, -0.15) is 0 Å². The first-order chi connectivity index (χ1) is 12.9. The van der Waals surface area contributed by atoms with Crippen molar-refractivity contribution in [1.29, 1.82) is 0 Å². The third-order valence-electron chi connectivity index (χ3n) is 3.62. The maximum atomic E-state index is 12.2. The minimum absolute atomic E-state index is 0.0273. The number of rotatable bonds is 5. The number of esters is 1. The summed E-state index contributed by atoms with van der Waals surface area (Å²) in [5.41, 5.74) is 1.76. The molecule has 1 aliphatic rings. The van der Waals surface area contributed by atoms with Crippen molar-refractivity contribution in [2.75, 3.05) is 7.11 Å². The third-order valence-corrected chi connectivity index (χ3v) is 4.95. The van der Waals surface area contributed by atoms with Gasteiger partial charge in [0.05, 0.1) is 16.8 Å². The number of aliphatic imine (C=N–C) groups is 1. The molecular formula is C20H17BrINO4. The fourth-order valence-electron chi connectivity index (χ4n) is 2.46. The second kappa shape index (κ2) is 8.43. The molecule has 0 N–H and O–H groups in total. The summed E-state index contributed by atoms with van der Waals surface area (Å²) in [5.74, 6) is 1.10. The van der Waals surface area contributed by atoms with Gasteiger partial charge in [-0.05, 0) is 84.5 Å². The Kier molecular flexibility index (Phi) is 6.21. The van der Waals surface area contributed by atoms with E-state index in [1.165, 1.54) is 0 Å². The maximum absolute atomic E-state index is 12.2. The third kappa shape index (κ3) is 4.70. The number of carbonyl (C=O) groups excluding carboxylic acids is 1. The lowest BCUT2D eigenvalue weighted by Crippen LogP contribution is -2.08. The number of nitrogens with zero attached hydrogens (tertiary/aromatic N) is 1. The molecule has 27 heavy (non-hydrogen) atoms. The molecule has 0 aliphatic carbocycles. The van der Waals surface area contributed by atoms with Crippen molar-refractivity contribution in [3.05, 3.63) is 61.3 Å². The van der Waals surface area contributed by atoms with Gasteiger partial charge < -0.3 is 14.2 Å². The quantitative estimate of drug-likeness (QED) is 0.297. The van der Waals surface area contributed by atoms with Crippen molar-refractivity contribution in [3.8, 4) is 11.5 Å². The van der Waals surface area contributed by atoms with E-state index < -0.39 is 5.97 Å². The zero-order valence-corrected chi connectivity index (χ0v) is 18.7. The molecule has 1 aliphatic heterocycles. The summed E-state index contributed by atoms with van der Waals surface area (Å²) in [5, 5.41) is 0. The molecule has 0 fully saturated rings. The van der Waals surface area contributed by atoms with Gasteiger partial charge in [-0.3, -0.25) is 0 Å². The largest absolute Gasteiger partial charge is 0.493 e. The van der Waals surface area contributed by atoms with Gasteiger partial charge in [0.1, 0.15) is 0 Å². The van der Waals surface area contributed by atoms with Crippen molar-refractivity contribution in [1.82, 2.24) is 0 Å². The highest BCUT2D eigenvalue weighted by molar-refractivity contribution is 14.1. The zero-order valence-electron chi connectivity index (χ0n) is 15.0. The minimum atomic E-state index is -0.482. The molecule has 0 bridgehead atoms. The fourth-order valence-corrected chi connectivity index (χ4v) is 3.47. The molecule has 0 aromatic heterocycles. The second-order valence-corrected chi connectivity index (χ2v) is 8.12. The van der Waals surface area contributed by atoms with Crippen LogP contribution in [0.5, 0.6) is 11.5 Å². The van der Waals surface area contributed by atoms with Crippen LogP contribution in [0.4, 0.5) is 0 Å². The Balaban J connectivity index is 1.95. The summed E-state index contributed by atoms with van der Waals surface area (Å²) in [7, 11) is 1.59. The molecule has 0 atom stereocenters. The van der Waals surface area contributed by atoms with E-state index in [-0.39, 0.29) is 11.8 Å². The maximum Gasteiger partial charge on any atom is 0.363 e. The number of hydrogen-bond acceptors (Lipinski definition) is 5. The van der Waals surface area contributed by atoms with Crippen LogP contribution < -0.4 is 9.47 Å². The number of ether oxygens (including phenoxy) is 3. The molecule has 0 saturated carbocycles. The van der Waals surface area contributed by atoms with Crippen LogP contribution in [0.2, 0.25) is 0 Å². The molecule has 5 nitrogen and oxygen atoms in total. The van der Waals surface area contributed by atoms with E-state index in [1.54, 1.807) is 13.2 Å². The van der Waals surface area contributed by atoms with E-state index in [9.17, 15) is 4.79 Å². The predicted octanol–water partition coefficient (Wildman–Crippen LogP) is 5.19. The highest BCUT2D eigenvalue weighted by Gasteiger charge is 2.24. The average molecular weight is 542 g/mol. The monoisotopic (exact) mass is 541 g/mol. The van der Waals surface area contributed by atoms with Crippen LogP contribution in [0.1, 0.15) is 25.0 Å². The van der Waals surface area contributed by atoms with Crippen molar-refractivity contribution < 1.29 is 19.0 Å². The molecule has 0 radical (unpaired) electrons. The predicted molar refractivity (Wildman–Crippen MR) is 116 cm³/mol. The van der Waals surface area contributed by atoms with Crippen LogP contribution in [0.3, 0.4) is 0 Å². The van der Waals surface area contributed by atoms with Crippen LogP contribution in [-0.4, -0.2) is 25.1 Å². The van der Waals surface area contributed by atoms with E-state index in [0.29, 0.717) is 17.4 Å². The summed E-state index contributed by atoms with van der Waals surface area (Å²) in [4.78, 5) is 16.5. The first-order valence-electron chi connectivity index (χ1n) is 8.20. The number of carbonyl (C=O) groups is 1. The van der Waals surface area contributed by atoms with Gasteiger partial charge in [-0.1, -0.05) is 15.9 Å². The molecule has 0 saturated heterocycles. The lowest BCUT2D eigenvalue weighted by Gasteiger charge is -2.15. The van der Waals surface area contributed by atoms with Gasteiger partial charge in [-0.25, -0.2) is 9.79 Å². The second-order valence-electron chi connectivity index (χ2n) is 6.04. The lowest BCUT2D eigenvalue weighted by atomic mass is 10.1. The Labute approximate surface area is 179 Å². The van der Waals surface area contributed by atoms with Gasteiger partial charge in [0.25, 0.3) is 0 Å². The number of methoxy groups -OCH3 is 1. The Morgan fingerprint density at radius 2 is 1.93 bits per heavy atom. The molecule has 7 heteroatoms. The molecule has 0 unspecified atom stereocenters. The van der Waals surface area contributed by atoms with E-state index in [4.69, 9.17) is 14.2 Å². The SMILES string of the molecule is COc1cc(C=C2N=C(c3ccc(Br)cc3)OC2=O)cc(I)c1OC(C)C. The Bertz CT molecular complexity index is 936. The first-order valence-corrected chi connectivity index (χ1v) is 10.1. The number of hydrogen-bond donors (Lipinski definition) is 0. The average Bonchev–Trinajstić information content (AvgIpc) is 2.98. The van der Waals surface area contributed by atoms with Crippen LogP contribution >= 0.6 is 38.5 Å². The Morgan fingerprint density at radius 1 is 1.22 bits per heavy atom. The molecule has 0 amide bonds. The normalized spacial score (nSPS) is 15.1. The first kappa shape index (κ1) is 19.9. The van der Waals surface area contributed by atoms with E-state index in [1.807, 2.05) is 50.2 Å². The van der Waals surface area contributed by atoms with Crippen molar-refractivity contribution in [2.45, 2.75) is 20.0 Å². The molecule has 2 aromatic carbocycles. The Morgan fingerprint density at radius 3 is 2.56 bits per heavy atom. The summed E-state index contributed by atoms with van der Waals surface area (Å²) in [6, 6.07) is 11.1. The minimum Gasteiger partial charge on any atom is -0.493 e. The molecule has 0 spiro atoms. The van der Waals surface area contributed by atoms with Gasteiger partial charge in [0.15, 0.2) is 17.2 Å². The lowest BCUT2D eigenvalue weighted by molar-refractivity contribution is -0.129. The number of halogens is 2. The Hall–Kier alpha value is -1.87. The molecule has 140 valence electrons. The summed E-state index contributed by atoms with van der Waals surface area (Å²) in [6.45, 7) is 3.91. The summed E-state index contributed by atoms with van der Waals surface area (Å²) >= 11 is 5.57. The van der Waals surface area contributed by atoms with Gasteiger partial charge in [-0.15, -0.1) is 0 Å². The highest BCUT2D eigenvalue weighted by atomic mass is 127. The van der Waals surface area contributed by atoms with Crippen LogP contribution in [0, 0.1) is 3.57 Å². The van der Waals surface area contributed by atoms with Gasteiger partial charge in [0, 0.05) is 10.0 Å². The topological polar surface area (TPSA) is 57.1 Å². The van der Waals surface area contributed by atoms with Crippen LogP contribution in [0.15, 0.2) is 51.6 Å². The molecular weight excluding hydrogens is 525 g/mol. The zero-order chi connectivity index (χ0) is 19.6. The smallest absolute Gasteiger partial charge is 0.363 e. The van der Waals surface area contributed by atoms with E-state index >= 15 is 0 Å². The van der Waals surface area contributed by atoms with Crippen LogP contribution in [0.25, 0.3) is 6.08 Å². The summed E-state index contributed by atoms with van der Waals surface area (Å²) < 4.78 is 18.4. The van der Waals surface area contributed by atoms with E-state index in [0.717, 1.165) is 19.2 Å². The highest BCUT2D eigenvalue weighted by Crippen LogP contribution is 2.35. The van der Waals surface area contributed by atoms with Crippen LogP contribution in [-0.2, 0) is 9.53 Å². The van der Waals surface area contributed by atoms with Gasteiger partial charge in [0.2, 0.25) is 5.90 Å². The fraction of sp³-hybridized carbons (Fsp3) is 0.200. The number of benzene rings is 2. The molecule has 3 rings (SSSR count). The van der Waals surface area contributed by atoms with E-state index in [2.05, 4.69) is 43.5 Å². The van der Waals surface area contributed by atoms with Crippen molar-refractivity contribution >= 4 is 56.5 Å². The van der Waals surface area contributed by atoms with Crippen molar-refractivity contribution in [3.63, 3.8) is 0 Å². The standard InChI is InChI=1S/C20H17BrINO4/c1-11(2)26-18-15(22)8-12(10-17(18)25-3)9-16-20(24)27-19(23-16)13-4-6-14(21)7-5-13/h4-11H,1-3H3. The molecule has 2 aromatic rings. The van der Waals surface area contributed by atoms with Crippen molar-refractivity contribution in [2.24, 2.45) is 4.99 Å². The van der Waals surface area contributed by atoms with Gasteiger partial charge >= 0.3 is 5.97 Å². The number of cyclic esters (lactones) is 1.